The van der Waals surface area contributed by atoms with E-state index in [4.69, 9.17) is 18.9 Å². The van der Waals surface area contributed by atoms with E-state index in [0.29, 0.717) is 11.1 Å². The Morgan fingerprint density at radius 1 is 1.32 bits per heavy atom. The number of cyclic esters (lactones) is 2. The van der Waals surface area contributed by atoms with E-state index in [1.807, 2.05) is 0 Å². The van der Waals surface area contributed by atoms with Crippen LogP contribution in [0.5, 0.6) is 0 Å². The van der Waals surface area contributed by atoms with Crippen LogP contribution in [0.15, 0.2) is 36.9 Å². The summed E-state index contributed by atoms with van der Waals surface area (Å²) in [5.74, 6) is -4.39. The van der Waals surface area contributed by atoms with Gasteiger partial charge in [-0.05, 0) is 18.4 Å². The first kappa shape index (κ1) is 19.5. The fourth-order valence-electron chi connectivity index (χ4n) is 5.08. The molecule has 1 amide bonds. The normalized spacial score (nSPS) is 34.6. The maximum atomic E-state index is 15.0. The Bertz CT molecular complexity index is 1010. The molecule has 0 aromatic heterocycles. The molecule has 5 rings (SSSR count). The average Bonchev–Trinajstić information content (AvgIpc) is 3.05. The largest absolute Gasteiger partial charge is 0.445 e. The molecule has 162 valence electrons. The second-order valence-electron chi connectivity index (χ2n) is 7.86. The van der Waals surface area contributed by atoms with Crippen molar-refractivity contribution in [1.29, 1.82) is 0 Å². The number of hydrogen-bond donors (Lipinski definition) is 0. The SMILES string of the molecule is C=CCOC(=O)N1COC(=O)C12C(F)CC1C(C(=O)OC3OC(=O)c4ccccc43)C12. The first-order chi connectivity index (χ1) is 14.9. The fourth-order valence-corrected chi connectivity index (χ4v) is 5.08. The summed E-state index contributed by atoms with van der Waals surface area (Å²) >= 11 is 0. The Hall–Kier alpha value is -3.43. The first-order valence-electron chi connectivity index (χ1n) is 9.78. The van der Waals surface area contributed by atoms with Crippen LogP contribution >= 0.6 is 0 Å². The lowest BCUT2D eigenvalue weighted by atomic mass is 9.88. The average molecular weight is 431 g/mol. The van der Waals surface area contributed by atoms with E-state index >= 15 is 4.39 Å². The van der Waals surface area contributed by atoms with Crippen LogP contribution in [0, 0.1) is 17.8 Å². The van der Waals surface area contributed by atoms with E-state index in [-0.39, 0.29) is 13.0 Å². The van der Waals surface area contributed by atoms with Gasteiger partial charge >= 0.3 is 24.0 Å². The zero-order valence-corrected chi connectivity index (χ0v) is 16.2. The molecule has 10 heteroatoms. The molecule has 0 radical (unpaired) electrons. The fraction of sp³-hybridized carbons (Fsp3) is 0.429. The number of carbonyl (C=O) groups excluding carboxylic acids is 4. The molecule has 2 aliphatic carbocycles. The number of fused-ring (bicyclic) bond motifs is 3. The first-order valence-corrected chi connectivity index (χ1v) is 9.78. The molecule has 6 unspecified atom stereocenters. The topological polar surface area (TPSA) is 108 Å². The maximum absolute atomic E-state index is 15.0. The summed E-state index contributed by atoms with van der Waals surface area (Å²) in [6.07, 6.45) is -2.61. The third-order valence-corrected chi connectivity index (χ3v) is 6.42. The zero-order valence-electron chi connectivity index (χ0n) is 16.2. The van der Waals surface area contributed by atoms with Gasteiger partial charge in [0.2, 0.25) is 0 Å². The summed E-state index contributed by atoms with van der Waals surface area (Å²) in [6.45, 7) is 2.85. The summed E-state index contributed by atoms with van der Waals surface area (Å²) in [5, 5.41) is 0. The molecule has 2 saturated carbocycles. The number of amides is 1. The summed E-state index contributed by atoms with van der Waals surface area (Å²) in [7, 11) is 0. The van der Waals surface area contributed by atoms with E-state index in [1.165, 1.54) is 6.08 Å². The molecular weight excluding hydrogens is 413 g/mol. The van der Waals surface area contributed by atoms with E-state index in [9.17, 15) is 19.2 Å². The molecule has 6 atom stereocenters. The van der Waals surface area contributed by atoms with E-state index in [1.54, 1.807) is 24.3 Å². The predicted molar refractivity (Wildman–Crippen MR) is 97.7 cm³/mol. The second kappa shape index (κ2) is 6.79. The number of carbonyl (C=O) groups is 4. The highest BCUT2D eigenvalue weighted by Gasteiger charge is 2.81. The summed E-state index contributed by atoms with van der Waals surface area (Å²) in [4.78, 5) is 50.7. The van der Waals surface area contributed by atoms with Crippen LogP contribution in [0.2, 0.25) is 0 Å². The second-order valence-corrected chi connectivity index (χ2v) is 7.86. The predicted octanol–water partition coefficient (Wildman–Crippen LogP) is 1.88. The molecule has 4 aliphatic rings. The number of esters is 3. The van der Waals surface area contributed by atoms with Gasteiger partial charge in [-0.3, -0.25) is 9.69 Å². The lowest BCUT2D eigenvalue weighted by Gasteiger charge is -2.33. The highest BCUT2D eigenvalue weighted by atomic mass is 19.1. The summed E-state index contributed by atoms with van der Waals surface area (Å²) < 4.78 is 35.5. The van der Waals surface area contributed by atoms with Crippen LogP contribution in [0.1, 0.15) is 28.6 Å². The van der Waals surface area contributed by atoms with Crippen molar-refractivity contribution < 1.29 is 42.5 Å². The van der Waals surface area contributed by atoms with Crippen LogP contribution in [0.3, 0.4) is 0 Å². The van der Waals surface area contributed by atoms with Gasteiger partial charge in [-0.25, -0.2) is 18.8 Å². The highest BCUT2D eigenvalue weighted by molar-refractivity contribution is 5.95. The molecule has 31 heavy (non-hydrogen) atoms. The van der Waals surface area contributed by atoms with Crippen LogP contribution < -0.4 is 0 Å². The Kier molecular flexibility index (Phi) is 4.28. The van der Waals surface area contributed by atoms with Crippen molar-refractivity contribution in [2.45, 2.75) is 24.4 Å². The highest BCUT2D eigenvalue weighted by Crippen LogP contribution is 2.67. The quantitative estimate of drug-likeness (QED) is 0.404. The molecule has 1 aromatic rings. The van der Waals surface area contributed by atoms with Crippen LogP contribution in [-0.2, 0) is 28.5 Å². The summed E-state index contributed by atoms with van der Waals surface area (Å²) in [6, 6.07) is 6.50. The van der Waals surface area contributed by atoms with E-state index in [0.717, 1.165) is 4.90 Å². The number of nitrogens with zero attached hydrogens (tertiary/aromatic N) is 1. The van der Waals surface area contributed by atoms with Gasteiger partial charge in [-0.1, -0.05) is 30.9 Å². The third kappa shape index (κ3) is 2.60. The van der Waals surface area contributed by atoms with Gasteiger partial charge in [0.1, 0.15) is 12.8 Å². The molecule has 1 aromatic carbocycles. The monoisotopic (exact) mass is 431 g/mol. The van der Waals surface area contributed by atoms with Crippen molar-refractivity contribution in [1.82, 2.24) is 4.90 Å². The van der Waals surface area contributed by atoms with E-state index < -0.39 is 66.5 Å². The van der Waals surface area contributed by atoms with Crippen LogP contribution in [0.4, 0.5) is 9.18 Å². The van der Waals surface area contributed by atoms with Gasteiger partial charge in [0, 0.05) is 11.5 Å². The van der Waals surface area contributed by atoms with Crippen molar-refractivity contribution in [2.24, 2.45) is 17.8 Å². The van der Waals surface area contributed by atoms with Gasteiger partial charge in [0.25, 0.3) is 6.29 Å². The van der Waals surface area contributed by atoms with Crippen molar-refractivity contribution >= 4 is 24.0 Å². The van der Waals surface area contributed by atoms with Gasteiger partial charge in [-0.15, -0.1) is 0 Å². The minimum Gasteiger partial charge on any atom is -0.445 e. The Balaban J connectivity index is 1.36. The number of halogens is 1. The van der Waals surface area contributed by atoms with E-state index in [2.05, 4.69) is 6.58 Å². The molecule has 2 heterocycles. The number of hydrogen-bond acceptors (Lipinski definition) is 8. The number of rotatable bonds is 4. The Labute approximate surface area is 175 Å². The molecule has 0 N–H and O–H groups in total. The van der Waals surface area contributed by atoms with Crippen molar-refractivity contribution in [3.8, 4) is 0 Å². The lowest BCUT2D eigenvalue weighted by Crippen LogP contribution is -2.58. The number of ether oxygens (including phenoxy) is 4. The van der Waals surface area contributed by atoms with Gasteiger partial charge in [-0.2, -0.15) is 0 Å². The smallest absolute Gasteiger partial charge is 0.413 e. The minimum absolute atomic E-state index is 0.105. The zero-order chi connectivity index (χ0) is 21.9. The Morgan fingerprint density at radius 2 is 2.10 bits per heavy atom. The van der Waals surface area contributed by atoms with Crippen molar-refractivity contribution in [3.63, 3.8) is 0 Å². The van der Waals surface area contributed by atoms with Gasteiger partial charge in [0.05, 0.1) is 11.5 Å². The van der Waals surface area contributed by atoms with Crippen molar-refractivity contribution in [3.05, 3.63) is 48.0 Å². The standard InChI is InChI=1S/C21H18FNO8/c1-2-7-28-20(27)23-9-29-19(26)21(23)13(22)8-12-14(15(12)21)17(25)31-18-11-6-4-3-5-10(11)16(24)30-18/h2-6,12-15,18H,1,7-9H2. The molecule has 9 nitrogen and oxygen atoms in total. The maximum Gasteiger partial charge on any atom is 0.413 e. The minimum atomic E-state index is -1.93. The third-order valence-electron chi connectivity index (χ3n) is 6.42. The molecule has 0 bridgehead atoms. The molecule has 3 fully saturated rings. The van der Waals surface area contributed by atoms with Gasteiger partial charge in [0.15, 0.2) is 12.3 Å². The Morgan fingerprint density at radius 3 is 2.87 bits per heavy atom. The lowest BCUT2D eigenvalue weighted by molar-refractivity contribution is -0.171. The van der Waals surface area contributed by atoms with Crippen LogP contribution in [0.25, 0.3) is 0 Å². The van der Waals surface area contributed by atoms with Crippen LogP contribution in [-0.4, -0.2) is 53.9 Å². The molecule has 1 saturated heterocycles. The summed E-state index contributed by atoms with van der Waals surface area (Å²) in [5.41, 5.74) is -1.22. The molecule has 1 spiro atoms. The number of alkyl halides is 1. The van der Waals surface area contributed by atoms with Gasteiger partial charge < -0.3 is 18.9 Å². The van der Waals surface area contributed by atoms with Crippen molar-refractivity contribution in [2.75, 3.05) is 13.3 Å². The number of benzene rings is 1. The molecular formula is C21H18FNO8. The molecule has 2 aliphatic heterocycles.